The highest BCUT2D eigenvalue weighted by Crippen LogP contribution is 2.47. The topological polar surface area (TPSA) is 98.7 Å². The summed E-state index contributed by atoms with van der Waals surface area (Å²) in [6.45, 7) is 2.24. The van der Waals surface area contributed by atoms with Crippen molar-refractivity contribution in [2.75, 3.05) is 6.61 Å². The van der Waals surface area contributed by atoms with E-state index in [2.05, 4.69) is 16.0 Å². The van der Waals surface area contributed by atoms with E-state index in [-0.39, 0.29) is 0 Å². The lowest BCUT2D eigenvalue weighted by Gasteiger charge is -2.33. The van der Waals surface area contributed by atoms with Crippen molar-refractivity contribution in [2.24, 2.45) is 0 Å². The number of thioether (sulfide) groups is 1. The number of nitriles is 1. The molecule has 0 radical (unpaired) electrons. The van der Waals surface area contributed by atoms with Gasteiger partial charge in [-0.15, -0.1) is 11.8 Å². The van der Waals surface area contributed by atoms with Gasteiger partial charge in [-0.1, -0.05) is 0 Å². The van der Waals surface area contributed by atoms with Crippen LogP contribution in [-0.4, -0.2) is 16.6 Å². The van der Waals surface area contributed by atoms with Gasteiger partial charge in [-0.25, -0.2) is 0 Å². The van der Waals surface area contributed by atoms with Crippen LogP contribution in [-0.2, 0) is 4.75 Å². The molecule has 0 amide bonds. The molecule has 0 bridgehead atoms. The summed E-state index contributed by atoms with van der Waals surface area (Å²) in [4.78, 5) is 28.5. The molecule has 3 rings (SSSR count). The van der Waals surface area contributed by atoms with Crippen molar-refractivity contribution in [2.45, 2.75) is 16.6 Å². The first-order valence-electron chi connectivity index (χ1n) is 6.20. The molecule has 6 nitrogen and oxygen atoms in total. The highest BCUT2D eigenvalue weighted by atomic mass is 32.2. The SMILES string of the molecule is C[C@@]1(c2c[nH]c(=O)c(=O)[nH]2)COc2cc(C#N)ccc2S1. The van der Waals surface area contributed by atoms with Crippen LogP contribution in [0.4, 0.5) is 0 Å². The first-order chi connectivity index (χ1) is 10.0. The molecule has 2 aromatic rings. The van der Waals surface area contributed by atoms with Gasteiger partial charge in [0.2, 0.25) is 0 Å². The van der Waals surface area contributed by atoms with Gasteiger partial charge in [-0.05, 0) is 25.1 Å². The molecule has 2 N–H and O–H groups in total. The van der Waals surface area contributed by atoms with E-state index < -0.39 is 15.9 Å². The van der Waals surface area contributed by atoms with Crippen LogP contribution < -0.4 is 15.9 Å². The summed E-state index contributed by atoms with van der Waals surface area (Å²) in [5.74, 6) is 0.656. The second kappa shape index (κ2) is 4.82. The van der Waals surface area contributed by atoms with Gasteiger partial charge in [0, 0.05) is 6.20 Å². The molecule has 0 fully saturated rings. The van der Waals surface area contributed by atoms with Crippen molar-refractivity contribution in [3.63, 3.8) is 0 Å². The molecule has 1 aliphatic heterocycles. The molecule has 0 saturated carbocycles. The second-order valence-electron chi connectivity index (χ2n) is 4.88. The van der Waals surface area contributed by atoms with E-state index in [1.807, 2.05) is 13.0 Å². The Morgan fingerprint density at radius 3 is 2.90 bits per heavy atom. The third-order valence-electron chi connectivity index (χ3n) is 3.28. The maximum Gasteiger partial charge on any atom is 0.313 e. The van der Waals surface area contributed by atoms with E-state index >= 15 is 0 Å². The van der Waals surface area contributed by atoms with Crippen LogP contribution in [0.3, 0.4) is 0 Å². The summed E-state index contributed by atoms with van der Waals surface area (Å²) in [6.07, 6.45) is 1.49. The van der Waals surface area contributed by atoms with Crippen molar-refractivity contribution in [3.05, 3.63) is 56.4 Å². The zero-order chi connectivity index (χ0) is 15.0. The molecule has 2 heterocycles. The second-order valence-corrected chi connectivity index (χ2v) is 6.43. The number of rotatable bonds is 1. The summed E-state index contributed by atoms with van der Waals surface area (Å²) in [7, 11) is 0. The Morgan fingerprint density at radius 2 is 2.19 bits per heavy atom. The first kappa shape index (κ1) is 13.5. The minimum Gasteiger partial charge on any atom is -0.490 e. The van der Waals surface area contributed by atoms with Crippen molar-refractivity contribution < 1.29 is 4.74 Å². The molecule has 106 valence electrons. The Hall–Kier alpha value is -2.46. The standard InChI is InChI=1S/C14H11N3O3S/c1-14(11-6-16-12(18)13(19)17-11)7-20-9-4-8(5-15)2-3-10(9)21-14/h2-4,6H,7H2,1H3,(H,16,18)(H,17,19)/t14-/m0/s1. The van der Waals surface area contributed by atoms with E-state index in [1.54, 1.807) is 12.1 Å². The molecule has 0 saturated heterocycles. The number of fused-ring (bicyclic) bond motifs is 1. The van der Waals surface area contributed by atoms with Gasteiger partial charge in [0.1, 0.15) is 12.4 Å². The van der Waals surface area contributed by atoms with E-state index in [4.69, 9.17) is 10.00 Å². The number of hydrogen-bond donors (Lipinski definition) is 2. The summed E-state index contributed by atoms with van der Waals surface area (Å²) < 4.78 is 5.20. The lowest BCUT2D eigenvalue weighted by Crippen LogP contribution is -2.37. The molecule has 1 aromatic heterocycles. The first-order valence-corrected chi connectivity index (χ1v) is 7.02. The average Bonchev–Trinajstić information content (AvgIpc) is 2.49. The van der Waals surface area contributed by atoms with Crippen LogP contribution in [0.15, 0.2) is 38.9 Å². The lowest BCUT2D eigenvalue weighted by molar-refractivity contribution is 0.262. The lowest BCUT2D eigenvalue weighted by atomic mass is 10.1. The van der Waals surface area contributed by atoms with Crippen molar-refractivity contribution in [1.82, 2.24) is 9.97 Å². The van der Waals surface area contributed by atoms with E-state index in [0.717, 1.165) is 4.90 Å². The van der Waals surface area contributed by atoms with E-state index in [9.17, 15) is 9.59 Å². The van der Waals surface area contributed by atoms with Crippen LogP contribution in [0.1, 0.15) is 18.2 Å². The maximum atomic E-state index is 11.5. The Kier molecular flexibility index (Phi) is 3.11. The molecule has 0 unspecified atom stereocenters. The van der Waals surface area contributed by atoms with Gasteiger partial charge in [0.05, 0.1) is 27.0 Å². The Labute approximate surface area is 123 Å². The van der Waals surface area contributed by atoms with Gasteiger partial charge in [-0.3, -0.25) is 9.59 Å². The smallest absolute Gasteiger partial charge is 0.313 e. The fraction of sp³-hybridized carbons (Fsp3) is 0.214. The van der Waals surface area contributed by atoms with E-state index in [1.165, 1.54) is 18.0 Å². The molecule has 0 aliphatic carbocycles. The molecular weight excluding hydrogens is 290 g/mol. The van der Waals surface area contributed by atoms with Gasteiger partial charge >= 0.3 is 11.1 Å². The summed E-state index contributed by atoms with van der Waals surface area (Å²) >= 11 is 1.52. The van der Waals surface area contributed by atoms with Gasteiger partial charge < -0.3 is 14.7 Å². The van der Waals surface area contributed by atoms with Gasteiger partial charge in [0.15, 0.2) is 0 Å². The zero-order valence-electron chi connectivity index (χ0n) is 11.1. The number of hydrogen-bond acceptors (Lipinski definition) is 5. The normalized spacial score (nSPS) is 20.2. The minimum absolute atomic E-state index is 0.321. The van der Waals surface area contributed by atoms with Gasteiger partial charge in [0.25, 0.3) is 0 Å². The molecular formula is C14H11N3O3S. The quantitative estimate of drug-likeness (QED) is 0.774. The Balaban J connectivity index is 2.01. The summed E-state index contributed by atoms with van der Waals surface area (Å²) in [6, 6.07) is 7.30. The summed E-state index contributed by atoms with van der Waals surface area (Å²) in [5, 5.41) is 8.89. The van der Waals surface area contributed by atoms with Crippen LogP contribution in [0.2, 0.25) is 0 Å². The van der Waals surface area contributed by atoms with E-state index in [0.29, 0.717) is 23.6 Å². The van der Waals surface area contributed by atoms with Crippen LogP contribution >= 0.6 is 11.8 Å². The highest BCUT2D eigenvalue weighted by molar-refractivity contribution is 8.00. The van der Waals surface area contributed by atoms with Crippen LogP contribution in [0.25, 0.3) is 0 Å². The molecule has 1 atom stereocenters. The summed E-state index contributed by atoms with van der Waals surface area (Å²) in [5.41, 5.74) is -0.231. The monoisotopic (exact) mass is 301 g/mol. The Morgan fingerprint density at radius 1 is 1.38 bits per heavy atom. The number of benzene rings is 1. The molecule has 7 heteroatoms. The fourth-order valence-electron chi connectivity index (χ4n) is 2.10. The number of nitrogens with one attached hydrogen (secondary N) is 2. The number of aromatic amines is 2. The third kappa shape index (κ3) is 2.34. The number of ether oxygens (including phenoxy) is 1. The number of H-pyrrole nitrogens is 2. The predicted octanol–water partition coefficient (Wildman–Crippen LogP) is 1.33. The van der Waals surface area contributed by atoms with Crippen LogP contribution in [0, 0.1) is 11.3 Å². The molecule has 1 aliphatic rings. The third-order valence-corrected chi connectivity index (χ3v) is 4.63. The highest BCUT2D eigenvalue weighted by Gasteiger charge is 2.35. The number of nitrogens with zero attached hydrogens (tertiary/aromatic N) is 1. The molecule has 0 spiro atoms. The predicted molar refractivity (Wildman–Crippen MR) is 77.5 cm³/mol. The largest absolute Gasteiger partial charge is 0.490 e. The Bertz CT molecular complexity index is 865. The maximum absolute atomic E-state index is 11.5. The van der Waals surface area contributed by atoms with Crippen molar-refractivity contribution in [1.29, 1.82) is 5.26 Å². The fourth-order valence-corrected chi connectivity index (χ4v) is 3.28. The molecule has 21 heavy (non-hydrogen) atoms. The zero-order valence-corrected chi connectivity index (χ0v) is 11.9. The van der Waals surface area contributed by atoms with Gasteiger partial charge in [-0.2, -0.15) is 5.26 Å². The molecule has 1 aromatic carbocycles. The van der Waals surface area contributed by atoms with Crippen molar-refractivity contribution >= 4 is 11.8 Å². The number of aromatic nitrogens is 2. The van der Waals surface area contributed by atoms with Crippen LogP contribution in [0.5, 0.6) is 5.75 Å². The minimum atomic E-state index is -0.681. The average molecular weight is 301 g/mol. The van der Waals surface area contributed by atoms with Crippen molar-refractivity contribution in [3.8, 4) is 11.8 Å².